The number of nitrogens with two attached hydrogens (primary N) is 1. The van der Waals surface area contributed by atoms with Gasteiger partial charge < -0.3 is 10.5 Å². The highest BCUT2D eigenvalue weighted by atomic mass is 16.5. The number of nitrogens with zero attached hydrogens (tertiary/aromatic N) is 5. The fourth-order valence-corrected chi connectivity index (χ4v) is 2.12. The van der Waals surface area contributed by atoms with Crippen molar-refractivity contribution in [3.8, 4) is 5.88 Å². The zero-order chi connectivity index (χ0) is 11.7. The predicted molar refractivity (Wildman–Crippen MR) is 59.4 cm³/mol. The lowest BCUT2D eigenvalue weighted by Crippen LogP contribution is -2.41. The monoisotopic (exact) mass is 234 g/mol. The molecule has 2 heterocycles. The molecule has 17 heavy (non-hydrogen) atoms. The molecular formula is C10H14N6O. The quantitative estimate of drug-likeness (QED) is 0.796. The Kier molecular flexibility index (Phi) is 2.60. The first-order valence-corrected chi connectivity index (χ1v) is 5.80. The SMILES string of the molecule is NC1CCCCC1Oc1ccc2nnnn2n1. The summed E-state index contributed by atoms with van der Waals surface area (Å²) in [6, 6.07) is 3.64. The third kappa shape index (κ3) is 2.05. The second kappa shape index (κ2) is 4.25. The van der Waals surface area contributed by atoms with Crippen molar-refractivity contribution in [1.82, 2.24) is 25.3 Å². The summed E-state index contributed by atoms with van der Waals surface area (Å²) in [5, 5.41) is 15.2. The minimum Gasteiger partial charge on any atom is -0.472 e. The Morgan fingerprint density at radius 2 is 2.18 bits per heavy atom. The number of hydrogen-bond donors (Lipinski definition) is 1. The molecular weight excluding hydrogens is 220 g/mol. The molecule has 1 aliphatic rings. The molecule has 0 bridgehead atoms. The maximum Gasteiger partial charge on any atom is 0.233 e. The molecule has 1 aliphatic carbocycles. The van der Waals surface area contributed by atoms with Crippen LogP contribution in [0, 0.1) is 0 Å². The van der Waals surface area contributed by atoms with E-state index in [2.05, 4.69) is 20.6 Å². The van der Waals surface area contributed by atoms with Gasteiger partial charge in [-0.05, 0) is 35.8 Å². The largest absolute Gasteiger partial charge is 0.472 e. The second-order valence-corrected chi connectivity index (χ2v) is 4.30. The molecule has 0 saturated heterocycles. The zero-order valence-electron chi connectivity index (χ0n) is 9.36. The van der Waals surface area contributed by atoms with Crippen LogP contribution in [0.4, 0.5) is 0 Å². The summed E-state index contributed by atoms with van der Waals surface area (Å²) in [4.78, 5) is 0. The number of ether oxygens (including phenoxy) is 1. The van der Waals surface area contributed by atoms with Crippen LogP contribution >= 0.6 is 0 Å². The Labute approximate surface area is 97.9 Å². The maximum absolute atomic E-state index is 6.02. The molecule has 1 saturated carbocycles. The predicted octanol–water partition coefficient (Wildman–Crippen LogP) is 0.168. The van der Waals surface area contributed by atoms with E-state index in [1.54, 1.807) is 12.1 Å². The van der Waals surface area contributed by atoms with Gasteiger partial charge in [-0.2, -0.15) is 0 Å². The number of fused-ring (bicyclic) bond motifs is 1. The first kappa shape index (κ1) is 10.4. The molecule has 2 N–H and O–H groups in total. The third-order valence-corrected chi connectivity index (χ3v) is 3.07. The molecule has 7 nitrogen and oxygen atoms in total. The zero-order valence-corrected chi connectivity index (χ0v) is 9.36. The molecule has 1 fully saturated rings. The number of aromatic nitrogens is 5. The normalized spacial score (nSPS) is 25.0. The van der Waals surface area contributed by atoms with Crippen LogP contribution in [-0.2, 0) is 0 Å². The van der Waals surface area contributed by atoms with E-state index in [9.17, 15) is 0 Å². The summed E-state index contributed by atoms with van der Waals surface area (Å²) in [6.07, 6.45) is 4.38. The molecule has 0 aromatic carbocycles. The van der Waals surface area contributed by atoms with E-state index < -0.39 is 0 Å². The van der Waals surface area contributed by atoms with Crippen LogP contribution in [0.2, 0.25) is 0 Å². The number of tetrazole rings is 1. The smallest absolute Gasteiger partial charge is 0.233 e. The minimum atomic E-state index is 0.0465. The topological polar surface area (TPSA) is 91.2 Å². The fraction of sp³-hybridized carbons (Fsp3) is 0.600. The minimum absolute atomic E-state index is 0.0465. The second-order valence-electron chi connectivity index (χ2n) is 4.30. The third-order valence-electron chi connectivity index (χ3n) is 3.07. The van der Waals surface area contributed by atoms with Gasteiger partial charge in [0.1, 0.15) is 6.10 Å². The van der Waals surface area contributed by atoms with Crippen LogP contribution in [0.15, 0.2) is 12.1 Å². The van der Waals surface area contributed by atoms with Gasteiger partial charge in [0.05, 0.1) is 0 Å². The molecule has 3 rings (SSSR count). The van der Waals surface area contributed by atoms with Crippen LogP contribution in [0.1, 0.15) is 25.7 Å². The average Bonchev–Trinajstić information content (AvgIpc) is 2.79. The van der Waals surface area contributed by atoms with E-state index in [1.807, 2.05) is 0 Å². The fourth-order valence-electron chi connectivity index (χ4n) is 2.12. The molecule has 2 aromatic heterocycles. The van der Waals surface area contributed by atoms with E-state index in [0.29, 0.717) is 11.5 Å². The van der Waals surface area contributed by atoms with Gasteiger partial charge in [-0.15, -0.1) is 14.8 Å². The van der Waals surface area contributed by atoms with E-state index in [4.69, 9.17) is 10.5 Å². The first-order chi connectivity index (χ1) is 8.33. The molecule has 2 atom stereocenters. The summed E-state index contributed by atoms with van der Waals surface area (Å²) in [6.45, 7) is 0. The number of hydrogen-bond acceptors (Lipinski definition) is 6. The van der Waals surface area contributed by atoms with E-state index >= 15 is 0 Å². The maximum atomic E-state index is 6.02. The lowest BCUT2D eigenvalue weighted by Gasteiger charge is -2.28. The Hall–Kier alpha value is -1.76. The summed E-state index contributed by atoms with van der Waals surface area (Å²) < 4.78 is 7.14. The van der Waals surface area contributed by atoms with Gasteiger partial charge in [-0.1, -0.05) is 6.42 Å². The summed E-state index contributed by atoms with van der Waals surface area (Å²) in [5.74, 6) is 0.521. The van der Waals surface area contributed by atoms with Crippen LogP contribution in [0.5, 0.6) is 5.88 Å². The van der Waals surface area contributed by atoms with E-state index in [0.717, 1.165) is 19.3 Å². The van der Waals surface area contributed by atoms with Gasteiger partial charge in [-0.3, -0.25) is 0 Å². The van der Waals surface area contributed by atoms with Gasteiger partial charge in [0, 0.05) is 12.1 Å². The average molecular weight is 234 g/mol. The van der Waals surface area contributed by atoms with Gasteiger partial charge in [0.25, 0.3) is 0 Å². The number of rotatable bonds is 2. The molecule has 0 radical (unpaired) electrons. The van der Waals surface area contributed by atoms with Crippen molar-refractivity contribution in [1.29, 1.82) is 0 Å². The summed E-state index contributed by atoms with van der Waals surface area (Å²) >= 11 is 0. The van der Waals surface area contributed by atoms with Gasteiger partial charge >= 0.3 is 0 Å². The lowest BCUT2D eigenvalue weighted by atomic mass is 9.93. The van der Waals surface area contributed by atoms with Crippen LogP contribution in [0.3, 0.4) is 0 Å². The summed E-state index contributed by atoms with van der Waals surface area (Å²) in [7, 11) is 0. The lowest BCUT2D eigenvalue weighted by molar-refractivity contribution is 0.124. The molecule has 7 heteroatoms. The summed E-state index contributed by atoms with van der Waals surface area (Å²) in [5.41, 5.74) is 6.62. The highest BCUT2D eigenvalue weighted by Crippen LogP contribution is 2.21. The van der Waals surface area contributed by atoms with Crippen molar-refractivity contribution in [2.75, 3.05) is 0 Å². The van der Waals surface area contributed by atoms with Crippen molar-refractivity contribution < 1.29 is 4.74 Å². The Bertz CT molecular complexity index is 512. The van der Waals surface area contributed by atoms with E-state index in [-0.39, 0.29) is 12.1 Å². The van der Waals surface area contributed by atoms with Gasteiger partial charge in [-0.25, -0.2) is 0 Å². The molecule has 2 aromatic rings. The van der Waals surface area contributed by atoms with Crippen molar-refractivity contribution in [3.05, 3.63) is 12.1 Å². The van der Waals surface area contributed by atoms with E-state index in [1.165, 1.54) is 11.1 Å². The van der Waals surface area contributed by atoms with Crippen molar-refractivity contribution in [3.63, 3.8) is 0 Å². The molecule has 0 aliphatic heterocycles. The molecule has 90 valence electrons. The van der Waals surface area contributed by atoms with Crippen LogP contribution in [0.25, 0.3) is 5.65 Å². The highest BCUT2D eigenvalue weighted by molar-refractivity contribution is 5.34. The highest BCUT2D eigenvalue weighted by Gasteiger charge is 2.23. The molecule has 2 unspecified atom stereocenters. The molecule has 0 spiro atoms. The first-order valence-electron chi connectivity index (χ1n) is 5.80. The van der Waals surface area contributed by atoms with Crippen molar-refractivity contribution >= 4 is 5.65 Å². The van der Waals surface area contributed by atoms with Crippen LogP contribution in [-0.4, -0.2) is 37.4 Å². The standard InChI is InChI=1S/C10H14N6O/c11-7-3-1-2-4-8(7)17-10-6-5-9-12-14-15-16(9)13-10/h5-8H,1-4,11H2. The Morgan fingerprint density at radius 3 is 3.06 bits per heavy atom. The van der Waals surface area contributed by atoms with Gasteiger partial charge in [0.2, 0.25) is 5.88 Å². The molecule has 0 amide bonds. The Balaban J connectivity index is 1.79. The van der Waals surface area contributed by atoms with Crippen LogP contribution < -0.4 is 10.5 Å². The van der Waals surface area contributed by atoms with Crippen molar-refractivity contribution in [2.24, 2.45) is 5.73 Å². The Morgan fingerprint density at radius 1 is 1.29 bits per heavy atom. The van der Waals surface area contributed by atoms with Crippen molar-refractivity contribution in [2.45, 2.75) is 37.8 Å². The van der Waals surface area contributed by atoms with Gasteiger partial charge in [0.15, 0.2) is 5.65 Å².